The summed E-state index contributed by atoms with van der Waals surface area (Å²) < 4.78 is 5.72. The van der Waals surface area contributed by atoms with E-state index in [1.807, 2.05) is 37.4 Å². The zero-order chi connectivity index (χ0) is 15.4. The molecule has 2 heterocycles. The number of ether oxygens (including phenoxy) is 1. The summed E-state index contributed by atoms with van der Waals surface area (Å²) in [5, 5.41) is 11.7. The SMILES string of the molecule is Cc1cnc(SC[C@H](O)COc2cccc3[nH]ccc23)nc1. The number of aliphatic hydroxyl groups is 1. The first-order chi connectivity index (χ1) is 10.7. The van der Waals surface area contributed by atoms with Crippen LogP contribution in [0.5, 0.6) is 5.75 Å². The van der Waals surface area contributed by atoms with Gasteiger partial charge in [-0.3, -0.25) is 0 Å². The number of hydrogen-bond acceptors (Lipinski definition) is 5. The van der Waals surface area contributed by atoms with Crippen molar-refractivity contribution in [3.63, 3.8) is 0 Å². The smallest absolute Gasteiger partial charge is 0.187 e. The maximum Gasteiger partial charge on any atom is 0.187 e. The van der Waals surface area contributed by atoms with E-state index in [-0.39, 0.29) is 6.61 Å². The van der Waals surface area contributed by atoms with Crippen LogP contribution >= 0.6 is 11.8 Å². The quantitative estimate of drug-likeness (QED) is 0.540. The number of thioether (sulfide) groups is 1. The zero-order valence-electron chi connectivity index (χ0n) is 12.2. The minimum atomic E-state index is -0.580. The number of aromatic nitrogens is 3. The van der Waals surface area contributed by atoms with E-state index in [9.17, 15) is 5.11 Å². The lowest BCUT2D eigenvalue weighted by molar-refractivity contribution is 0.127. The standard InChI is InChI=1S/C16H17N3O2S/c1-11-7-18-16(19-8-11)22-10-12(20)9-21-15-4-2-3-14-13(15)5-6-17-14/h2-8,12,17,20H,9-10H2,1H3/t12-/m1/s1. The molecule has 3 rings (SSSR count). The lowest BCUT2D eigenvalue weighted by Crippen LogP contribution is -2.20. The van der Waals surface area contributed by atoms with E-state index in [0.29, 0.717) is 10.9 Å². The van der Waals surface area contributed by atoms with Gasteiger partial charge in [0.15, 0.2) is 5.16 Å². The molecule has 1 aromatic carbocycles. The minimum absolute atomic E-state index is 0.239. The van der Waals surface area contributed by atoms with Gasteiger partial charge in [0.2, 0.25) is 0 Å². The van der Waals surface area contributed by atoms with Crippen LogP contribution in [-0.2, 0) is 0 Å². The fraction of sp³-hybridized carbons (Fsp3) is 0.250. The lowest BCUT2D eigenvalue weighted by Gasteiger charge is -2.12. The Labute approximate surface area is 132 Å². The van der Waals surface area contributed by atoms with Crippen molar-refractivity contribution >= 4 is 22.7 Å². The van der Waals surface area contributed by atoms with E-state index in [0.717, 1.165) is 22.2 Å². The van der Waals surface area contributed by atoms with Gasteiger partial charge in [-0.2, -0.15) is 0 Å². The molecule has 22 heavy (non-hydrogen) atoms. The van der Waals surface area contributed by atoms with E-state index in [1.54, 1.807) is 12.4 Å². The second kappa shape index (κ2) is 6.81. The fourth-order valence-corrected chi connectivity index (χ4v) is 2.73. The van der Waals surface area contributed by atoms with Crippen LogP contribution in [0.3, 0.4) is 0 Å². The number of nitrogens with zero attached hydrogens (tertiary/aromatic N) is 2. The van der Waals surface area contributed by atoms with E-state index in [4.69, 9.17) is 4.74 Å². The molecule has 0 fully saturated rings. The van der Waals surface area contributed by atoms with Gasteiger partial charge in [0, 0.05) is 35.2 Å². The van der Waals surface area contributed by atoms with Crippen molar-refractivity contribution < 1.29 is 9.84 Å². The third kappa shape index (κ3) is 3.58. The van der Waals surface area contributed by atoms with Crippen LogP contribution in [0.25, 0.3) is 10.9 Å². The van der Waals surface area contributed by atoms with Gasteiger partial charge < -0.3 is 14.8 Å². The minimum Gasteiger partial charge on any atom is -0.490 e. The number of hydrogen-bond donors (Lipinski definition) is 2. The number of fused-ring (bicyclic) bond motifs is 1. The normalized spacial score (nSPS) is 12.5. The number of aryl methyl sites for hydroxylation is 1. The molecule has 0 saturated heterocycles. The number of benzene rings is 1. The first-order valence-corrected chi connectivity index (χ1v) is 7.99. The van der Waals surface area contributed by atoms with Crippen molar-refractivity contribution in [2.75, 3.05) is 12.4 Å². The first kappa shape index (κ1) is 14.9. The number of H-pyrrole nitrogens is 1. The van der Waals surface area contributed by atoms with Crippen molar-refractivity contribution in [3.05, 3.63) is 48.4 Å². The number of nitrogens with one attached hydrogen (secondary N) is 1. The first-order valence-electron chi connectivity index (χ1n) is 7.01. The Hall–Kier alpha value is -2.05. The van der Waals surface area contributed by atoms with Crippen LogP contribution < -0.4 is 4.74 Å². The molecule has 3 aromatic rings. The number of aromatic amines is 1. The van der Waals surface area contributed by atoms with Crippen LogP contribution in [-0.4, -0.2) is 38.5 Å². The summed E-state index contributed by atoms with van der Waals surface area (Å²) in [6.45, 7) is 2.18. The van der Waals surface area contributed by atoms with Crippen LogP contribution in [0, 0.1) is 6.92 Å². The highest BCUT2D eigenvalue weighted by Crippen LogP contribution is 2.24. The molecule has 0 spiro atoms. The van der Waals surface area contributed by atoms with Crippen molar-refractivity contribution in [2.45, 2.75) is 18.2 Å². The Bertz CT molecular complexity index is 742. The molecular formula is C16H17N3O2S. The Balaban J connectivity index is 1.53. The molecule has 0 amide bonds. The van der Waals surface area contributed by atoms with Gasteiger partial charge in [-0.25, -0.2) is 9.97 Å². The molecule has 0 saturated carbocycles. The van der Waals surface area contributed by atoms with Gasteiger partial charge in [-0.15, -0.1) is 0 Å². The van der Waals surface area contributed by atoms with Crippen molar-refractivity contribution in [1.29, 1.82) is 0 Å². The van der Waals surface area contributed by atoms with Crippen molar-refractivity contribution in [3.8, 4) is 5.75 Å². The summed E-state index contributed by atoms with van der Waals surface area (Å²) in [6, 6.07) is 7.78. The Morgan fingerprint density at radius 2 is 2.09 bits per heavy atom. The molecule has 0 radical (unpaired) electrons. The van der Waals surface area contributed by atoms with E-state index in [1.165, 1.54) is 11.8 Å². The highest BCUT2D eigenvalue weighted by Gasteiger charge is 2.09. The van der Waals surface area contributed by atoms with Gasteiger partial charge >= 0.3 is 0 Å². The molecule has 1 atom stereocenters. The van der Waals surface area contributed by atoms with Crippen molar-refractivity contribution in [2.24, 2.45) is 0 Å². The zero-order valence-corrected chi connectivity index (χ0v) is 13.0. The van der Waals surface area contributed by atoms with E-state index >= 15 is 0 Å². The molecule has 2 N–H and O–H groups in total. The Morgan fingerprint density at radius 1 is 1.27 bits per heavy atom. The third-order valence-electron chi connectivity index (χ3n) is 3.15. The average Bonchev–Trinajstić information content (AvgIpc) is 3.01. The second-order valence-corrected chi connectivity index (χ2v) is 6.00. The van der Waals surface area contributed by atoms with Crippen LogP contribution in [0.15, 0.2) is 48.0 Å². The number of aliphatic hydroxyl groups excluding tert-OH is 1. The van der Waals surface area contributed by atoms with Gasteiger partial charge in [0.05, 0.1) is 6.10 Å². The fourth-order valence-electron chi connectivity index (χ4n) is 2.04. The van der Waals surface area contributed by atoms with Crippen LogP contribution in [0.4, 0.5) is 0 Å². The third-order valence-corrected chi connectivity index (χ3v) is 4.17. The van der Waals surface area contributed by atoms with Crippen LogP contribution in [0.2, 0.25) is 0 Å². The largest absolute Gasteiger partial charge is 0.490 e. The van der Waals surface area contributed by atoms with Crippen LogP contribution in [0.1, 0.15) is 5.56 Å². The molecule has 0 aliphatic heterocycles. The highest BCUT2D eigenvalue weighted by atomic mass is 32.2. The van der Waals surface area contributed by atoms with Crippen molar-refractivity contribution in [1.82, 2.24) is 15.0 Å². The Kier molecular flexibility index (Phi) is 4.60. The van der Waals surface area contributed by atoms with Gasteiger partial charge in [0.1, 0.15) is 12.4 Å². The molecule has 0 aliphatic carbocycles. The molecule has 2 aromatic heterocycles. The summed E-state index contributed by atoms with van der Waals surface area (Å²) in [6.07, 6.45) is 4.83. The molecule has 114 valence electrons. The maximum atomic E-state index is 10.0. The Morgan fingerprint density at radius 3 is 2.91 bits per heavy atom. The van der Waals surface area contributed by atoms with Gasteiger partial charge in [0.25, 0.3) is 0 Å². The molecule has 0 bridgehead atoms. The predicted octanol–water partition coefficient (Wildman–Crippen LogP) is 2.80. The predicted molar refractivity (Wildman–Crippen MR) is 87.3 cm³/mol. The summed E-state index contributed by atoms with van der Waals surface area (Å²) in [5.74, 6) is 1.26. The number of rotatable bonds is 6. The van der Waals surface area contributed by atoms with E-state index in [2.05, 4.69) is 15.0 Å². The molecule has 6 heteroatoms. The average molecular weight is 315 g/mol. The summed E-state index contributed by atoms with van der Waals surface area (Å²) in [5.41, 5.74) is 2.04. The molecule has 0 aliphatic rings. The second-order valence-electron chi connectivity index (χ2n) is 5.01. The summed E-state index contributed by atoms with van der Waals surface area (Å²) in [4.78, 5) is 11.5. The maximum absolute atomic E-state index is 10.0. The lowest BCUT2D eigenvalue weighted by atomic mass is 10.2. The van der Waals surface area contributed by atoms with E-state index < -0.39 is 6.10 Å². The molecule has 5 nitrogen and oxygen atoms in total. The monoisotopic (exact) mass is 315 g/mol. The highest BCUT2D eigenvalue weighted by molar-refractivity contribution is 7.99. The topological polar surface area (TPSA) is 71.0 Å². The molecular weight excluding hydrogens is 298 g/mol. The van der Waals surface area contributed by atoms with Gasteiger partial charge in [-0.1, -0.05) is 17.8 Å². The summed E-state index contributed by atoms with van der Waals surface area (Å²) >= 11 is 1.42. The van der Waals surface area contributed by atoms with Gasteiger partial charge in [-0.05, 0) is 30.7 Å². The summed E-state index contributed by atoms with van der Waals surface area (Å²) in [7, 11) is 0. The molecule has 0 unspecified atom stereocenters.